The third-order valence-corrected chi connectivity index (χ3v) is 7.27. The van der Waals surface area contributed by atoms with E-state index in [1.165, 1.54) is 12.3 Å². The lowest BCUT2D eigenvalue weighted by atomic mass is 9.99. The van der Waals surface area contributed by atoms with Crippen molar-refractivity contribution in [3.63, 3.8) is 0 Å². The molecule has 1 heterocycles. The van der Waals surface area contributed by atoms with Gasteiger partial charge in [-0.3, -0.25) is 4.79 Å². The van der Waals surface area contributed by atoms with E-state index in [2.05, 4.69) is 21.4 Å². The molecule has 0 aliphatic carbocycles. The monoisotopic (exact) mass is 546 g/mol. The van der Waals surface area contributed by atoms with Gasteiger partial charge in [-0.05, 0) is 78.1 Å². The Morgan fingerprint density at radius 1 is 1.00 bits per heavy atom. The first-order chi connectivity index (χ1) is 18.1. The van der Waals surface area contributed by atoms with E-state index in [1.807, 2.05) is 38.1 Å². The van der Waals surface area contributed by atoms with Crippen LogP contribution in [-0.4, -0.2) is 30.0 Å². The summed E-state index contributed by atoms with van der Waals surface area (Å²) in [4.78, 5) is 20.2. The molecule has 0 aliphatic rings. The number of rotatable bonds is 8. The van der Waals surface area contributed by atoms with E-state index in [4.69, 9.17) is 21.6 Å². The average Bonchev–Trinajstić information content (AvgIpc) is 2.90. The Bertz CT molecular complexity index is 1610. The number of nitriles is 1. The Balaban J connectivity index is 1.47. The average molecular weight is 547 g/mol. The van der Waals surface area contributed by atoms with Crippen LogP contribution in [-0.2, 0) is 21.2 Å². The largest absolute Gasteiger partial charge is 0.438 e. The highest BCUT2D eigenvalue weighted by molar-refractivity contribution is 7.91. The number of aromatic nitrogens is 2. The number of carbonyl (C=O) groups is 1. The molecule has 8 nitrogen and oxygen atoms in total. The van der Waals surface area contributed by atoms with Gasteiger partial charge in [-0.25, -0.2) is 13.4 Å². The number of hydrogen-bond acceptors (Lipinski definition) is 7. The molecular weight excluding hydrogens is 524 g/mol. The summed E-state index contributed by atoms with van der Waals surface area (Å²) in [5.41, 5.74) is 4.89. The third-order valence-electron chi connectivity index (χ3n) is 5.62. The quantitative estimate of drug-likeness (QED) is 0.302. The van der Waals surface area contributed by atoms with Crippen LogP contribution in [0, 0.1) is 25.2 Å². The van der Waals surface area contributed by atoms with Crippen LogP contribution in [0.1, 0.15) is 22.3 Å². The van der Waals surface area contributed by atoms with Gasteiger partial charge in [-0.15, -0.1) is 0 Å². The summed E-state index contributed by atoms with van der Waals surface area (Å²) in [7, 11) is -4.11. The summed E-state index contributed by atoms with van der Waals surface area (Å²) in [6, 6.07) is 21.5. The fourth-order valence-electron chi connectivity index (χ4n) is 3.74. The zero-order valence-electron chi connectivity index (χ0n) is 20.6. The second kappa shape index (κ2) is 11.4. The molecule has 3 aromatic carbocycles. The van der Waals surface area contributed by atoms with E-state index in [0.717, 1.165) is 27.8 Å². The van der Waals surface area contributed by atoms with E-state index >= 15 is 0 Å². The number of carbonyl (C=O) groups excluding carboxylic acids is 1. The molecule has 0 spiro atoms. The number of sulfone groups is 1. The summed E-state index contributed by atoms with van der Waals surface area (Å²) in [6.07, 6.45) is 1.27. The predicted molar refractivity (Wildman–Crippen MR) is 144 cm³/mol. The maximum absolute atomic E-state index is 12.8. The first kappa shape index (κ1) is 26.8. The molecule has 0 atom stereocenters. The summed E-state index contributed by atoms with van der Waals surface area (Å²) in [5.74, 6) is -0.913. The van der Waals surface area contributed by atoms with Gasteiger partial charge in [0.15, 0.2) is 0 Å². The van der Waals surface area contributed by atoms with E-state index < -0.39 is 26.7 Å². The summed E-state index contributed by atoms with van der Waals surface area (Å²) in [5, 5.41) is 11.7. The van der Waals surface area contributed by atoms with Crippen molar-refractivity contribution < 1.29 is 17.9 Å². The molecule has 1 N–H and O–H groups in total. The van der Waals surface area contributed by atoms with Crippen LogP contribution >= 0.6 is 11.6 Å². The van der Waals surface area contributed by atoms with Crippen LogP contribution in [0.15, 0.2) is 78.1 Å². The second-order valence-corrected chi connectivity index (χ2v) is 10.9. The van der Waals surface area contributed by atoms with Gasteiger partial charge in [0.25, 0.3) is 5.16 Å². The van der Waals surface area contributed by atoms with Crippen molar-refractivity contribution in [2.24, 2.45) is 0 Å². The fourth-order valence-corrected chi connectivity index (χ4v) is 4.90. The molecule has 0 saturated heterocycles. The molecule has 0 saturated carbocycles. The van der Waals surface area contributed by atoms with Gasteiger partial charge in [-0.1, -0.05) is 35.9 Å². The number of aryl methyl sites for hydroxylation is 2. The highest BCUT2D eigenvalue weighted by atomic mass is 35.5. The minimum atomic E-state index is -4.11. The number of hydrogen-bond donors (Lipinski definition) is 1. The van der Waals surface area contributed by atoms with Crippen LogP contribution in [0.2, 0.25) is 5.02 Å². The van der Waals surface area contributed by atoms with E-state index in [9.17, 15) is 13.2 Å². The number of halogens is 1. The van der Waals surface area contributed by atoms with Gasteiger partial charge in [0.2, 0.25) is 21.6 Å². The Kier molecular flexibility index (Phi) is 8.05. The zero-order valence-corrected chi connectivity index (χ0v) is 22.2. The molecular formula is C28H23ClN4O4S. The van der Waals surface area contributed by atoms with Crippen LogP contribution < -0.4 is 10.1 Å². The van der Waals surface area contributed by atoms with Crippen LogP contribution in [0.5, 0.6) is 11.6 Å². The normalized spacial score (nSPS) is 11.0. The van der Waals surface area contributed by atoms with Crippen molar-refractivity contribution in [3.8, 4) is 28.8 Å². The molecule has 38 heavy (non-hydrogen) atoms. The standard InChI is InChI=1S/C28H23ClN4O4S/c1-18-13-23(22-7-3-20(15-30)4-8-22)14-19(2)27(18)37-26-11-12-31-28(33-26)38(35,36)17-25(34)32-16-21-5-9-24(29)10-6-21/h3-14H,16-17H2,1-2H3,(H,32,34). The van der Waals surface area contributed by atoms with E-state index in [0.29, 0.717) is 16.3 Å². The fraction of sp³-hybridized carbons (Fsp3) is 0.143. The molecule has 4 aromatic rings. The van der Waals surface area contributed by atoms with Crippen molar-refractivity contribution in [1.29, 1.82) is 5.26 Å². The van der Waals surface area contributed by atoms with Gasteiger partial charge in [0, 0.05) is 23.8 Å². The lowest BCUT2D eigenvalue weighted by Gasteiger charge is -2.14. The highest BCUT2D eigenvalue weighted by Crippen LogP contribution is 2.33. The molecule has 10 heteroatoms. The van der Waals surface area contributed by atoms with Crippen LogP contribution in [0.25, 0.3) is 11.1 Å². The van der Waals surface area contributed by atoms with Crippen molar-refractivity contribution in [2.75, 3.05) is 5.75 Å². The summed E-state index contributed by atoms with van der Waals surface area (Å²) < 4.78 is 31.6. The van der Waals surface area contributed by atoms with E-state index in [1.54, 1.807) is 36.4 Å². The highest BCUT2D eigenvalue weighted by Gasteiger charge is 2.23. The maximum atomic E-state index is 12.8. The number of benzene rings is 3. The Morgan fingerprint density at radius 2 is 1.66 bits per heavy atom. The van der Waals surface area contributed by atoms with Gasteiger partial charge in [0.1, 0.15) is 11.5 Å². The van der Waals surface area contributed by atoms with Crippen molar-refractivity contribution in [1.82, 2.24) is 15.3 Å². The summed E-state index contributed by atoms with van der Waals surface area (Å²) >= 11 is 5.85. The summed E-state index contributed by atoms with van der Waals surface area (Å²) in [6.45, 7) is 3.91. The molecule has 0 radical (unpaired) electrons. The molecule has 192 valence electrons. The second-order valence-electron chi connectivity index (χ2n) is 8.57. The SMILES string of the molecule is Cc1cc(-c2ccc(C#N)cc2)cc(C)c1Oc1ccnc(S(=O)(=O)CC(=O)NCc2ccc(Cl)cc2)n1. The number of nitrogens with one attached hydrogen (secondary N) is 1. The number of nitrogens with zero attached hydrogens (tertiary/aromatic N) is 3. The van der Waals surface area contributed by atoms with Gasteiger partial charge >= 0.3 is 0 Å². The van der Waals surface area contributed by atoms with Gasteiger partial charge < -0.3 is 10.1 Å². The molecule has 1 amide bonds. The Labute approximate surface area is 225 Å². The topological polar surface area (TPSA) is 122 Å². The minimum Gasteiger partial charge on any atom is -0.438 e. The lowest BCUT2D eigenvalue weighted by Crippen LogP contribution is -2.30. The van der Waals surface area contributed by atoms with E-state index in [-0.39, 0.29) is 12.4 Å². The molecule has 0 unspecified atom stereocenters. The molecule has 0 aliphatic heterocycles. The third kappa shape index (κ3) is 6.54. The van der Waals surface area contributed by atoms with Crippen molar-refractivity contribution in [3.05, 3.63) is 100 Å². The lowest BCUT2D eigenvalue weighted by molar-refractivity contribution is -0.118. The number of amides is 1. The van der Waals surface area contributed by atoms with Crippen LogP contribution in [0.3, 0.4) is 0 Å². The molecule has 0 fully saturated rings. The molecule has 4 rings (SSSR count). The van der Waals surface area contributed by atoms with Gasteiger partial charge in [-0.2, -0.15) is 10.2 Å². The van der Waals surface area contributed by atoms with Gasteiger partial charge in [0.05, 0.1) is 11.6 Å². The maximum Gasteiger partial charge on any atom is 0.250 e. The number of ether oxygens (including phenoxy) is 1. The Hall–Kier alpha value is -4.26. The Morgan fingerprint density at radius 3 is 2.29 bits per heavy atom. The zero-order chi connectivity index (χ0) is 27.3. The predicted octanol–water partition coefficient (Wildman–Crippen LogP) is 5.17. The molecule has 0 bridgehead atoms. The van der Waals surface area contributed by atoms with Crippen molar-refractivity contribution >= 4 is 27.3 Å². The smallest absolute Gasteiger partial charge is 0.250 e. The molecule has 1 aromatic heterocycles. The first-order valence-electron chi connectivity index (χ1n) is 11.5. The van der Waals surface area contributed by atoms with Crippen molar-refractivity contribution in [2.45, 2.75) is 25.5 Å². The van der Waals surface area contributed by atoms with Crippen LogP contribution in [0.4, 0.5) is 0 Å². The minimum absolute atomic E-state index is 0.0393. The first-order valence-corrected chi connectivity index (χ1v) is 13.5.